The summed E-state index contributed by atoms with van der Waals surface area (Å²) in [6.45, 7) is 2.56. The summed E-state index contributed by atoms with van der Waals surface area (Å²) < 4.78 is 39.4. The number of sulfonamides is 1. The lowest BCUT2D eigenvalue weighted by Gasteiger charge is -2.28. The van der Waals surface area contributed by atoms with Crippen LogP contribution in [0.3, 0.4) is 0 Å². The Kier molecular flexibility index (Phi) is 4.44. The average molecular weight is 425 g/mol. The Balaban J connectivity index is 1.57. The minimum absolute atomic E-state index is 0.00309. The molecule has 0 amide bonds. The van der Waals surface area contributed by atoms with Gasteiger partial charge >= 0.3 is 0 Å². The molecule has 10 heteroatoms. The topological polar surface area (TPSA) is 124 Å². The highest BCUT2D eigenvalue weighted by molar-refractivity contribution is 7.93. The number of ether oxygens (including phenoxy) is 1. The first kappa shape index (κ1) is 18.6. The van der Waals surface area contributed by atoms with Crippen molar-refractivity contribution in [2.24, 2.45) is 0 Å². The van der Waals surface area contributed by atoms with Gasteiger partial charge in [-0.2, -0.15) is 0 Å². The van der Waals surface area contributed by atoms with Crippen LogP contribution in [-0.2, 0) is 14.8 Å². The third-order valence-corrected chi connectivity index (χ3v) is 6.60. The van der Waals surface area contributed by atoms with Crippen molar-refractivity contribution >= 4 is 48.9 Å². The van der Waals surface area contributed by atoms with Gasteiger partial charge in [0.25, 0.3) is 10.0 Å². The van der Waals surface area contributed by atoms with Gasteiger partial charge < -0.3 is 15.4 Å². The van der Waals surface area contributed by atoms with Gasteiger partial charge in [-0.3, -0.25) is 4.72 Å². The van der Waals surface area contributed by atoms with Crippen LogP contribution < -0.4 is 15.4 Å². The third-order valence-electron chi connectivity index (χ3n) is 5.20. The van der Waals surface area contributed by atoms with Crippen LogP contribution >= 0.6 is 0 Å². The molecule has 3 aromatic carbocycles. The minimum atomic E-state index is -3.96. The first-order valence-corrected chi connectivity index (χ1v) is 10.9. The van der Waals surface area contributed by atoms with Crippen LogP contribution in [0.1, 0.15) is 0 Å². The van der Waals surface area contributed by atoms with Gasteiger partial charge in [-0.1, -0.05) is 24.3 Å². The van der Waals surface area contributed by atoms with Crippen LogP contribution in [-0.4, -0.2) is 45.0 Å². The summed E-state index contributed by atoms with van der Waals surface area (Å²) in [5, 5.41) is 9.32. The van der Waals surface area contributed by atoms with Crippen molar-refractivity contribution in [1.82, 2.24) is 10.3 Å². The molecule has 154 valence electrons. The first-order valence-electron chi connectivity index (χ1n) is 9.42. The van der Waals surface area contributed by atoms with Crippen LogP contribution in [0.25, 0.3) is 21.8 Å². The van der Waals surface area contributed by atoms with E-state index in [9.17, 15) is 8.42 Å². The normalized spacial score (nSPS) is 15.0. The highest BCUT2D eigenvalue weighted by atomic mass is 32.2. The van der Waals surface area contributed by atoms with Crippen LogP contribution in [0, 0.1) is 0 Å². The third kappa shape index (κ3) is 3.10. The second kappa shape index (κ2) is 7.15. The van der Waals surface area contributed by atoms with Crippen LogP contribution in [0.4, 0.5) is 17.1 Å². The molecule has 0 bridgehead atoms. The van der Waals surface area contributed by atoms with Crippen molar-refractivity contribution in [3.63, 3.8) is 0 Å². The maximum Gasteiger partial charge on any atom is 0.264 e. The molecule has 0 radical (unpaired) electrons. The molecular formula is C20H19N5O4S. The van der Waals surface area contributed by atoms with Gasteiger partial charge in [0.15, 0.2) is 11.0 Å². The molecule has 0 unspecified atom stereocenters. The zero-order chi connectivity index (χ0) is 20.7. The van der Waals surface area contributed by atoms with Gasteiger partial charge in [0.1, 0.15) is 4.90 Å². The zero-order valence-corrected chi connectivity index (χ0v) is 16.7. The summed E-state index contributed by atoms with van der Waals surface area (Å²) in [4.78, 5) is 2.07. The fraction of sp³-hybridized carbons (Fsp3) is 0.200. The number of rotatable bonds is 4. The lowest BCUT2D eigenvalue weighted by Crippen LogP contribution is -2.36. The number of nitrogens with two attached hydrogens (primary N) is 1. The quantitative estimate of drug-likeness (QED) is 0.478. The molecule has 3 N–H and O–H groups in total. The van der Waals surface area contributed by atoms with Crippen molar-refractivity contribution in [3.05, 3.63) is 48.5 Å². The van der Waals surface area contributed by atoms with E-state index in [0.717, 1.165) is 11.1 Å². The van der Waals surface area contributed by atoms with Crippen molar-refractivity contribution in [2.45, 2.75) is 4.90 Å². The van der Waals surface area contributed by atoms with E-state index in [1.807, 2.05) is 12.1 Å². The highest BCUT2D eigenvalue weighted by Crippen LogP contribution is 2.33. The Morgan fingerprint density at radius 3 is 2.50 bits per heavy atom. The average Bonchev–Trinajstić information content (AvgIpc) is 3.24. The second-order valence-electron chi connectivity index (χ2n) is 7.00. The van der Waals surface area contributed by atoms with Gasteiger partial charge in [0.05, 0.1) is 24.6 Å². The van der Waals surface area contributed by atoms with Gasteiger partial charge in [-0.15, -0.1) is 0 Å². The largest absolute Gasteiger partial charge is 0.398 e. The minimum Gasteiger partial charge on any atom is -0.398 e. The van der Waals surface area contributed by atoms with E-state index in [1.165, 1.54) is 6.07 Å². The molecule has 9 nitrogen and oxygen atoms in total. The van der Waals surface area contributed by atoms with E-state index in [1.54, 1.807) is 30.3 Å². The molecular weight excluding hydrogens is 406 g/mol. The summed E-state index contributed by atoms with van der Waals surface area (Å²) in [6, 6.07) is 13.9. The number of anilines is 3. The fourth-order valence-electron chi connectivity index (χ4n) is 3.73. The fourth-order valence-corrected chi connectivity index (χ4v) is 4.94. The molecule has 1 aromatic heterocycles. The Hall–Kier alpha value is -3.37. The molecule has 4 aromatic rings. The maximum absolute atomic E-state index is 13.2. The van der Waals surface area contributed by atoms with E-state index >= 15 is 0 Å². The van der Waals surface area contributed by atoms with Gasteiger partial charge in [0.2, 0.25) is 0 Å². The molecule has 0 saturated carbocycles. The summed E-state index contributed by atoms with van der Waals surface area (Å²) in [5.74, 6) is 0. The Morgan fingerprint density at radius 1 is 0.933 bits per heavy atom. The van der Waals surface area contributed by atoms with E-state index in [-0.39, 0.29) is 10.4 Å². The molecule has 1 aliphatic rings. The van der Waals surface area contributed by atoms with Crippen LogP contribution in [0.15, 0.2) is 58.1 Å². The molecule has 1 aliphatic heterocycles. The number of nitrogens with zero attached hydrogens (tertiary/aromatic N) is 3. The SMILES string of the molecule is Nc1cccc2c(NS(=O)(=O)c3ccc(N4CCOCC4)c4nonc34)cccc12. The summed E-state index contributed by atoms with van der Waals surface area (Å²) in [5.41, 5.74) is 8.39. The van der Waals surface area contributed by atoms with E-state index < -0.39 is 10.0 Å². The van der Waals surface area contributed by atoms with Gasteiger partial charge in [0, 0.05) is 29.5 Å². The van der Waals surface area contributed by atoms with Crippen molar-refractivity contribution < 1.29 is 17.8 Å². The summed E-state index contributed by atoms with van der Waals surface area (Å²) >= 11 is 0. The monoisotopic (exact) mass is 425 g/mol. The highest BCUT2D eigenvalue weighted by Gasteiger charge is 2.25. The molecule has 0 spiro atoms. The van der Waals surface area contributed by atoms with Crippen molar-refractivity contribution in [3.8, 4) is 0 Å². The summed E-state index contributed by atoms with van der Waals surface area (Å²) in [6.07, 6.45) is 0. The lowest BCUT2D eigenvalue weighted by atomic mass is 10.1. The molecule has 0 aliphatic carbocycles. The number of nitrogen functional groups attached to an aromatic ring is 1. The number of nitrogens with one attached hydrogen (secondary N) is 1. The van der Waals surface area contributed by atoms with Crippen LogP contribution in [0.5, 0.6) is 0 Å². The van der Waals surface area contributed by atoms with Gasteiger partial charge in [-0.05, 0) is 34.6 Å². The van der Waals surface area contributed by atoms with E-state index in [4.69, 9.17) is 15.1 Å². The number of hydrogen-bond donors (Lipinski definition) is 2. The Labute approximate surface area is 172 Å². The number of fused-ring (bicyclic) bond motifs is 2. The number of benzene rings is 3. The smallest absolute Gasteiger partial charge is 0.264 e. The predicted molar refractivity (Wildman–Crippen MR) is 114 cm³/mol. The molecule has 30 heavy (non-hydrogen) atoms. The summed E-state index contributed by atoms with van der Waals surface area (Å²) in [7, 11) is -3.96. The van der Waals surface area contributed by atoms with E-state index in [2.05, 4.69) is 19.9 Å². The first-order chi connectivity index (χ1) is 14.5. The second-order valence-corrected chi connectivity index (χ2v) is 8.65. The lowest BCUT2D eigenvalue weighted by molar-refractivity contribution is 0.123. The molecule has 5 rings (SSSR count). The van der Waals surface area contributed by atoms with Crippen molar-refractivity contribution in [1.29, 1.82) is 0 Å². The van der Waals surface area contributed by atoms with Crippen molar-refractivity contribution in [2.75, 3.05) is 41.7 Å². The number of hydrogen-bond acceptors (Lipinski definition) is 8. The van der Waals surface area contributed by atoms with E-state index in [0.29, 0.717) is 48.6 Å². The number of aromatic nitrogens is 2. The predicted octanol–water partition coefficient (Wildman–Crippen LogP) is 2.60. The molecule has 0 atom stereocenters. The zero-order valence-electron chi connectivity index (χ0n) is 15.9. The molecule has 1 fully saturated rings. The molecule has 1 saturated heterocycles. The number of morpholine rings is 1. The maximum atomic E-state index is 13.2. The van der Waals surface area contributed by atoms with Crippen LogP contribution in [0.2, 0.25) is 0 Å². The molecule has 2 heterocycles. The Bertz CT molecular complexity index is 1350. The standard InChI is InChI=1S/C20H19N5O4S/c21-15-5-1-4-14-13(15)3-2-6-16(14)24-30(26,27)18-8-7-17(19-20(18)23-29-22-19)25-9-11-28-12-10-25/h1-8,24H,9-12,21H2. The Morgan fingerprint density at radius 2 is 1.67 bits per heavy atom. The van der Waals surface area contributed by atoms with Gasteiger partial charge in [-0.25, -0.2) is 13.0 Å².